The Morgan fingerprint density at radius 2 is 1.94 bits per heavy atom. The number of nitrogens with zero attached hydrogens (tertiary/aromatic N) is 3. The highest BCUT2D eigenvalue weighted by molar-refractivity contribution is 6.30. The highest BCUT2D eigenvalue weighted by Crippen LogP contribution is 2.32. The minimum Gasteiger partial charge on any atom is -0.362 e. The average Bonchev–Trinajstić information content (AvgIpc) is 3.21. The minimum atomic E-state index is -0.392. The number of hydrogen-bond acceptors (Lipinski definition) is 3. The molecule has 1 aromatic heterocycles. The first kappa shape index (κ1) is 20.8. The number of ether oxygens (including phenoxy) is 1. The molecule has 4 aromatic rings. The van der Waals surface area contributed by atoms with Gasteiger partial charge in [0.25, 0.3) is 0 Å². The molecule has 1 atom stereocenters. The van der Waals surface area contributed by atoms with Gasteiger partial charge < -0.3 is 9.30 Å². The summed E-state index contributed by atoms with van der Waals surface area (Å²) in [6.45, 7) is 0.277. The molecule has 1 unspecified atom stereocenters. The lowest BCUT2D eigenvalue weighted by Gasteiger charge is -2.20. The zero-order valence-electron chi connectivity index (χ0n) is 16.8. The van der Waals surface area contributed by atoms with Crippen LogP contribution in [-0.2, 0) is 18.4 Å². The zero-order valence-corrected chi connectivity index (χ0v) is 17.6. The van der Waals surface area contributed by atoms with E-state index in [9.17, 15) is 4.39 Å². The maximum Gasteiger partial charge on any atom is 0.124 e. The fraction of sp³-hybridized carbons (Fsp3) is 0.120. The van der Waals surface area contributed by atoms with Gasteiger partial charge in [-0.05, 0) is 58.7 Å². The quantitative estimate of drug-likeness (QED) is 0.373. The van der Waals surface area contributed by atoms with E-state index in [0.717, 1.165) is 27.9 Å². The Morgan fingerprint density at radius 1 is 1.13 bits per heavy atom. The molecule has 0 saturated carbocycles. The van der Waals surface area contributed by atoms with Crippen LogP contribution < -0.4 is 0 Å². The van der Waals surface area contributed by atoms with Gasteiger partial charge >= 0.3 is 0 Å². The summed E-state index contributed by atoms with van der Waals surface area (Å²) in [4.78, 5) is 4.21. The van der Waals surface area contributed by atoms with Gasteiger partial charge in [0.2, 0.25) is 0 Å². The van der Waals surface area contributed by atoms with Crippen molar-refractivity contribution in [3.8, 4) is 17.2 Å². The molecule has 0 saturated heterocycles. The molecular weight excluding hydrogens is 413 g/mol. The van der Waals surface area contributed by atoms with E-state index in [1.807, 2.05) is 41.9 Å². The van der Waals surface area contributed by atoms with Crippen LogP contribution in [0, 0.1) is 17.1 Å². The van der Waals surface area contributed by atoms with E-state index in [2.05, 4.69) is 11.1 Å². The number of hydrogen-bond donors (Lipinski definition) is 0. The third-order valence-corrected chi connectivity index (χ3v) is 5.31. The summed E-state index contributed by atoms with van der Waals surface area (Å²) in [6.07, 6.45) is 3.09. The smallest absolute Gasteiger partial charge is 0.124 e. The molecule has 0 aliphatic rings. The standard InChI is InChI=1S/C25H19ClFN3O/c1-30-16-29-14-24(30)25(18-7-5-17(13-28)6-8-18)31-15-20-9-10-21(26)12-23(20)19-3-2-4-22(27)11-19/h2-12,14,16,25H,15H2,1H3. The second-order valence-corrected chi connectivity index (χ2v) is 7.60. The van der Waals surface area contributed by atoms with Crippen molar-refractivity contribution in [3.05, 3.63) is 112 Å². The topological polar surface area (TPSA) is 50.8 Å². The molecule has 3 aromatic carbocycles. The van der Waals surface area contributed by atoms with Gasteiger partial charge in [-0.25, -0.2) is 9.37 Å². The van der Waals surface area contributed by atoms with Crippen molar-refractivity contribution in [2.45, 2.75) is 12.7 Å². The van der Waals surface area contributed by atoms with Crippen molar-refractivity contribution < 1.29 is 9.13 Å². The molecule has 6 heteroatoms. The van der Waals surface area contributed by atoms with Gasteiger partial charge in [0.05, 0.1) is 36.5 Å². The first-order valence-electron chi connectivity index (χ1n) is 9.67. The Kier molecular flexibility index (Phi) is 6.13. The normalized spacial score (nSPS) is 11.8. The maximum atomic E-state index is 13.8. The van der Waals surface area contributed by atoms with Gasteiger partial charge in [0.15, 0.2) is 0 Å². The molecule has 0 amide bonds. The van der Waals surface area contributed by atoms with Crippen LogP contribution in [-0.4, -0.2) is 9.55 Å². The minimum absolute atomic E-state index is 0.277. The monoisotopic (exact) mass is 431 g/mol. The van der Waals surface area contributed by atoms with E-state index in [4.69, 9.17) is 21.6 Å². The van der Waals surface area contributed by atoms with E-state index in [1.54, 1.807) is 36.8 Å². The Bertz CT molecular complexity index is 1240. The van der Waals surface area contributed by atoms with Gasteiger partial charge in [0.1, 0.15) is 11.9 Å². The molecule has 1 heterocycles. The van der Waals surface area contributed by atoms with Crippen molar-refractivity contribution in [3.63, 3.8) is 0 Å². The lowest BCUT2D eigenvalue weighted by atomic mass is 9.99. The Labute approximate surface area is 185 Å². The maximum absolute atomic E-state index is 13.8. The van der Waals surface area contributed by atoms with Crippen LogP contribution in [0.25, 0.3) is 11.1 Å². The molecular formula is C25H19ClFN3O. The Balaban J connectivity index is 1.68. The molecule has 0 spiro atoms. The summed E-state index contributed by atoms with van der Waals surface area (Å²) >= 11 is 6.22. The predicted molar refractivity (Wildman–Crippen MR) is 118 cm³/mol. The summed E-state index contributed by atoms with van der Waals surface area (Å²) in [7, 11) is 1.91. The van der Waals surface area contributed by atoms with E-state index in [0.29, 0.717) is 10.6 Å². The third-order valence-electron chi connectivity index (χ3n) is 5.08. The first-order chi connectivity index (χ1) is 15.0. The molecule has 0 bridgehead atoms. The number of nitriles is 1. The van der Waals surface area contributed by atoms with Crippen LogP contribution in [0.5, 0.6) is 0 Å². The van der Waals surface area contributed by atoms with E-state index in [1.165, 1.54) is 12.1 Å². The van der Waals surface area contributed by atoms with Crippen molar-refractivity contribution in [1.82, 2.24) is 9.55 Å². The lowest BCUT2D eigenvalue weighted by molar-refractivity contribution is 0.0624. The van der Waals surface area contributed by atoms with Crippen molar-refractivity contribution in [1.29, 1.82) is 5.26 Å². The largest absolute Gasteiger partial charge is 0.362 e. The molecule has 4 rings (SSSR count). The van der Waals surface area contributed by atoms with Crippen LogP contribution in [0.1, 0.15) is 28.5 Å². The second kappa shape index (κ2) is 9.13. The van der Waals surface area contributed by atoms with Crippen LogP contribution >= 0.6 is 11.6 Å². The molecule has 154 valence electrons. The van der Waals surface area contributed by atoms with E-state index in [-0.39, 0.29) is 12.4 Å². The van der Waals surface area contributed by atoms with Crippen LogP contribution in [0.3, 0.4) is 0 Å². The fourth-order valence-corrected chi connectivity index (χ4v) is 3.65. The molecule has 0 aliphatic heterocycles. The zero-order chi connectivity index (χ0) is 21.8. The molecule has 0 aliphatic carbocycles. The summed E-state index contributed by atoms with van der Waals surface area (Å²) < 4.78 is 22.1. The van der Waals surface area contributed by atoms with Crippen molar-refractivity contribution in [2.24, 2.45) is 7.05 Å². The summed E-state index contributed by atoms with van der Waals surface area (Å²) in [5.74, 6) is -0.310. The first-order valence-corrected chi connectivity index (χ1v) is 10.0. The third kappa shape index (κ3) is 4.66. The van der Waals surface area contributed by atoms with Gasteiger partial charge in [-0.3, -0.25) is 0 Å². The van der Waals surface area contributed by atoms with Gasteiger partial charge in [-0.15, -0.1) is 0 Å². The van der Waals surface area contributed by atoms with Gasteiger partial charge in [-0.2, -0.15) is 5.26 Å². The fourth-order valence-electron chi connectivity index (χ4n) is 3.48. The summed E-state index contributed by atoms with van der Waals surface area (Å²) in [6, 6.07) is 21.3. The van der Waals surface area contributed by atoms with E-state index < -0.39 is 6.10 Å². The lowest BCUT2D eigenvalue weighted by Crippen LogP contribution is -2.11. The van der Waals surface area contributed by atoms with Crippen LogP contribution in [0.15, 0.2) is 79.3 Å². The van der Waals surface area contributed by atoms with Gasteiger partial charge in [-0.1, -0.05) is 41.9 Å². The van der Waals surface area contributed by atoms with Crippen LogP contribution in [0.4, 0.5) is 4.39 Å². The molecule has 4 nitrogen and oxygen atoms in total. The number of rotatable bonds is 6. The highest BCUT2D eigenvalue weighted by atomic mass is 35.5. The number of halogens is 2. The SMILES string of the molecule is Cn1cncc1C(OCc1ccc(Cl)cc1-c1cccc(F)c1)c1ccc(C#N)cc1. The number of aryl methyl sites for hydroxylation is 1. The molecule has 0 fully saturated rings. The highest BCUT2D eigenvalue weighted by Gasteiger charge is 2.19. The predicted octanol–water partition coefficient (Wildman–Crippen LogP) is 6.06. The number of imidazole rings is 1. The van der Waals surface area contributed by atoms with E-state index >= 15 is 0 Å². The van der Waals surface area contributed by atoms with Gasteiger partial charge in [0, 0.05) is 12.1 Å². The van der Waals surface area contributed by atoms with Crippen LogP contribution in [0.2, 0.25) is 5.02 Å². The molecule has 0 radical (unpaired) electrons. The second-order valence-electron chi connectivity index (χ2n) is 7.17. The Morgan fingerprint density at radius 3 is 2.61 bits per heavy atom. The number of benzene rings is 3. The number of aromatic nitrogens is 2. The summed E-state index contributed by atoms with van der Waals surface area (Å²) in [5.41, 5.74) is 4.80. The summed E-state index contributed by atoms with van der Waals surface area (Å²) in [5, 5.41) is 9.66. The van der Waals surface area contributed by atoms with Crippen molar-refractivity contribution >= 4 is 11.6 Å². The molecule has 0 N–H and O–H groups in total. The Hall–Kier alpha value is -3.46. The average molecular weight is 432 g/mol. The van der Waals surface area contributed by atoms with Crippen molar-refractivity contribution in [2.75, 3.05) is 0 Å². The molecule has 31 heavy (non-hydrogen) atoms.